The van der Waals surface area contributed by atoms with Gasteiger partial charge in [0.2, 0.25) is 0 Å². The van der Waals surface area contributed by atoms with E-state index >= 15 is 0 Å². The number of hydrogen-bond donors (Lipinski definition) is 0. The van der Waals surface area contributed by atoms with Crippen molar-refractivity contribution in [1.82, 2.24) is 0 Å². The summed E-state index contributed by atoms with van der Waals surface area (Å²) in [4.78, 5) is 0. The third kappa shape index (κ3) is 6.31. The molecule has 0 fully saturated rings. The summed E-state index contributed by atoms with van der Waals surface area (Å²) in [5, 5.41) is 17.7. The molecule has 0 unspecified atom stereocenters. The molecule has 0 saturated heterocycles. The van der Waals surface area contributed by atoms with E-state index in [1.165, 1.54) is 142 Å². The molecule has 14 rings (SSSR count). The fourth-order valence-corrected chi connectivity index (χ4v) is 11.8. The van der Waals surface area contributed by atoms with Crippen molar-refractivity contribution in [2.45, 2.75) is 0 Å². The van der Waals surface area contributed by atoms with Gasteiger partial charge in [0, 0.05) is 0 Å². The van der Waals surface area contributed by atoms with E-state index in [1.807, 2.05) is 0 Å². The number of benzene rings is 14. The van der Waals surface area contributed by atoms with Gasteiger partial charge in [-0.25, -0.2) is 0 Å². The Morgan fingerprint density at radius 1 is 0.129 bits per heavy atom. The molecular weight excluding hydrogens is 841 g/mol. The molecule has 0 N–H and O–H groups in total. The molecule has 0 saturated carbocycles. The van der Waals surface area contributed by atoms with E-state index in [9.17, 15) is 0 Å². The number of fused-ring (bicyclic) bond motifs is 11. The van der Waals surface area contributed by atoms with Gasteiger partial charge in [0.25, 0.3) is 0 Å². The molecule has 324 valence electrons. The topological polar surface area (TPSA) is 0 Å². The SMILES string of the molecule is c1ccc(-c2c(-c3ccc(-c4cc5c6ccccc6c(-c6ccc(-c7c(-c8ccccc8)c8ccccc8c8ccccc78)cc6)cc5c5ccccc45)cc3)c3ccccc3c3ccccc23)cc1. The lowest BCUT2D eigenvalue weighted by molar-refractivity contribution is 1.61. The van der Waals surface area contributed by atoms with Crippen LogP contribution in [0.25, 0.3) is 142 Å². The molecule has 0 nitrogen and oxygen atoms in total. The highest BCUT2D eigenvalue weighted by atomic mass is 14.2. The highest BCUT2D eigenvalue weighted by Crippen LogP contribution is 2.48. The number of rotatable bonds is 6. The standard InChI is InChI=1S/C70H44/c1-3-19-47(20-4-1)67-59-31-15-11-23-51(59)53-25-13-17-33-61(53)69(67)49-39-35-45(36-40-49)63-43-65-58-30-10-8-28-56(58)64(44-66(65)57-29-9-7-27-55(57)63)46-37-41-50(42-38-46)70-62-34-18-14-26-54(62)52-24-12-16-32-60(52)68(70)48-21-5-2-6-22-48/h1-44H. The van der Waals surface area contributed by atoms with E-state index in [-0.39, 0.29) is 0 Å². The van der Waals surface area contributed by atoms with Crippen LogP contribution in [0.1, 0.15) is 0 Å². The Balaban J connectivity index is 0.923. The van der Waals surface area contributed by atoms with Crippen molar-refractivity contribution in [3.63, 3.8) is 0 Å². The van der Waals surface area contributed by atoms with E-state index in [2.05, 4.69) is 267 Å². The fraction of sp³-hybridized carbons (Fsp3) is 0. The summed E-state index contributed by atoms with van der Waals surface area (Å²) in [5.74, 6) is 0. The van der Waals surface area contributed by atoms with Crippen LogP contribution < -0.4 is 0 Å². The Hall–Kier alpha value is -9.10. The van der Waals surface area contributed by atoms with Crippen LogP contribution in [0.5, 0.6) is 0 Å². The Morgan fingerprint density at radius 2 is 0.329 bits per heavy atom. The minimum Gasteiger partial charge on any atom is -0.0622 e. The van der Waals surface area contributed by atoms with E-state index in [0.29, 0.717) is 0 Å². The quantitative estimate of drug-likeness (QED) is 0.146. The molecule has 14 aromatic rings. The maximum atomic E-state index is 2.44. The molecule has 0 aromatic heterocycles. The van der Waals surface area contributed by atoms with Crippen LogP contribution in [0.15, 0.2) is 267 Å². The van der Waals surface area contributed by atoms with Gasteiger partial charge in [-0.2, -0.15) is 0 Å². The summed E-state index contributed by atoms with van der Waals surface area (Å²) in [6.45, 7) is 0. The second-order valence-electron chi connectivity index (χ2n) is 18.6. The number of hydrogen-bond acceptors (Lipinski definition) is 0. The van der Waals surface area contributed by atoms with Gasteiger partial charge >= 0.3 is 0 Å². The summed E-state index contributed by atoms with van der Waals surface area (Å²) in [5.41, 5.74) is 14.8. The molecular formula is C70H44. The van der Waals surface area contributed by atoms with Gasteiger partial charge in [-0.3, -0.25) is 0 Å². The second-order valence-corrected chi connectivity index (χ2v) is 18.6. The van der Waals surface area contributed by atoms with E-state index in [4.69, 9.17) is 0 Å². The van der Waals surface area contributed by atoms with Crippen LogP contribution in [0.3, 0.4) is 0 Å². The lowest BCUT2D eigenvalue weighted by atomic mass is 9.84. The van der Waals surface area contributed by atoms with Crippen molar-refractivity contribution in [1.29, 1.82) is 0 Å². The molecule has 0 spiro atoms. The van der Waals surface area contributed by atoms with Gasteiger partial charge in [0.15, 0.2) is 0 Å². The Morgan fingerprint density at radius 3 is 0.614 bits per heavy atom. The first-order valence-corrected chi connectivity index (χ1v) is 24.3. The van der Waals surface area contributed by atoms with E-state index < -0.39 is 0 Å². The first-order valence-electron chi connectivity index (χ1n) is 24.3. The van der Waals surface area contributed by atoms with Gasteiger partial charge in [-0.15, -0.1) is 0 Å². The predicted octanol–water partition coefficient (Wildman–Crippen LogP) is 19.8. The van der Waals surface area contributed by atoms with Crippen molar-refractivity contribution in [3.05, 3.63) is 267 Å². The zero-order valence-corrected chi connectivity index (χ0v) is 38.4. The van der Waals surface area contributed by atoms with Crippen molar-refractivity contribution >= 4 is 75.4 Å². The summed E-state index contributed by atoms with van der Waals surface area (Å²) in [7, 11) is 0. The summed E-state index contributed by atoms with van der Waals surface area (Å²) < 4.78 is 0. The maximum absolute atomic E-state index is 2.44. The minimum absolute atomic E-state index is 1.20. The van der Waals surface area contributed by atoms with Crippen molar-refractivity contribution < 1.29 is 0 Å². The fourth-order valence-electron chi connectivity index (χ4n) is 11.8. The molecule has 70 heavy (non-hydrogen) atoms. The van der Waals surface area contributed by atoms with Crippen LogP contribution >= 0.6 is 0 Å². The smallest absolute Gasteiger partial charge is 0.00203 e. The van der Waals surface area contributed by atoms with Crippen molar-refractivity contribution in [2.24, 2.45) is 0 Å². The molecule has 0 aliphatic rings. The predicted molar refractivity (Wildman–Crippen MR) is 302 cm³/mol. The lowest BCUT2D eigenvalue weighted by Gasteiger charge is -2.19. The Labute approximate surface area is 407 Å². The highest BCUT2D eigenvalue weighted by molar-refractivity contribution is 6.25. The molecule has 0 radical (unpaired) electrons. The van der Waals surface area contributed by atoms with Gasteiger partial charge < -0.3 is 0 Å². The Bertz CT molecular complexity index is 4070. The summed E-state index contributed by atoms with van der Waals surface area (Å²) in [6, 6.07) is 98.8. The first-order chi connectivity index (χ1) is 34.8. The highest BCUT2D eigenvalue weighted by Gasteiger charge is 2.21. The zero-order valence-electron chi connectivity index (χ0n) is 38.4. The normalized spacial score (nSPS) is 11.7. The van der Waals surface area contributed by atoms with E-state index in [0.717, 1.165) is 0 Å². The molecule has 0 heteroatoms. The first kappa shape index (κ1) is 40.0. The molecule has 0 heterocycles. The average molecular weight is 885 g/mol. The lowest BCUT2D eigenvalue weighted by Crippen LogP contribution is -1.92. The molecule has 0 aliphatic carbocycles. The van der Waals surface area contributed by atoms with Gasteiger partial charge in [-0.05, 0) is 154 Å². The molecule has 0 atom stereocenters. The van der Waals surface area contributed by atoms with Crippen molar-refractivity contribution in [3.8, 4) is 66.8 Å². The van der Waals surface area contributed by atoms with Gasteiger partial charge in [0.1, 0.15) is 0 Å². The third-order valence-electron chi connectivity index (χ3n) is 14.8. The Kier molecular flexibility index (Phi) is 9.32. The third-order valence-corrected chi connectivity index (χ3v) is 14.8. The summed E-state index contributed by atoms with van der Waals surface area (Å²) >= 11 is 0. The van der Waals surface area contributed by atoms with Gasteiger partial charge in [0.05, 0.1) is 0 Å². The average Bonchev–Trinajstić information content (AvgIpc) is 3.44. The summed E-state index contributed by atoms with van der Waals surface area (Å²) in [6.07, 6.45) is 0. The van der Waals surface area contributed by atoms with Crippen LogP contribution in [0.2, 0.25) is 0 Å². The molecule has 0 amide bonds. The second kappa shape index (κ2) is 16.3. The molecule has 0 aliphatic heterocycles. The zero-order chi connectivity index (χ0) is 46.1. The van der Waals surface area contributed by atoms with E-state index in [1.54, 1.807) is 0 Å². The van der Waals surface area contributed by atoms with Crippen LogP contribution in [-0.2, 0) is 0 Å². The van der Waals surface area contributed by atoms with Crippen molar-refractivity contribution in [2.75, 3.05) is 0 Å². The maximum Gasteiger partial charge on any atom is -0.00203 e. The van der Waals surface area contributed by atoms with Crippen LogP contribution in [-0.4, -0.2) is 0 Å². The van der Waals surface area contributed by atoms with Crippen LogP contribution in [0, 0.1) is 0 Å². The monoisotopic (exact) mass is 884 g/mol. The van der Waals surface area contributed by atoms with Gasteiger partial charge in [-0.1, -0.05) is 255 Å². The minimum atomic E-state index is 1.20. The molecule has 14 aromatic carbocycles. The molecule has 0 bridgehead atoms. The van der Waals surface area contributed by atoms with Crippen LogP contribution in [0.4, 0.5) is 0 Å². The largest absolute Gasteiger partial charge is 0.0622 e.